The van der Waals surface area contributed by atoms with Crippen LogP contribution in [-0.4, -0.2) is 33.8 Å². The van der Waals surface area contributed by atoms with Crippen LogP contribution in [0.4, 0.5) is 0 Å². The minimum atomic E-state index is -0.771. The molecule has 10 heavy (non-hydrogen) atoms. The third kappa shape index (κ3) is 4.81. The molecule has 1 unspecified atom stereocenters. The van der Waals surface area contributed by atoms with Gasteiger partial charge in [-0.3, -0.25) is 0 Å². The van der Waals surface area contributed by atoms with Gasteiger partial charge < -0.3 is 15.3 Å². The molecule has 1 atom stereocenters. The molecular formula is C6H11O3S. The fourth-order valence-corrected chi connectivity index (χ4v) is 0.880. The molecule has 1 radical (unpaired) electrons. The van der Waals surface area contributed by atoms with Crippen LogP contribution >= 0.6 is 11.8 Å². The van der Waals surface area contributed by atoms with Crippen molar-refractivity contribution in [1.29, 1.82) is 0 Å². The number of hydrogen-bond donors (Lipinski definition) is 3. The van der Waals surface area contributed by atoms with Crippen molar-refractivity contribution in [2.24, 2.45) is 0 Å². The summed E-state index contributed by atoms with van der Waals surface area (Å²) in [5.41, 5.74) is 0.0625. The Morgan fingerprint density at radius 3 is 2.70 bits per heavy atom. The van der Waals surface area contributed by atoms with Crippen LogP contribution in [0.5, 0.6) is 0 Å². The third-order valence-corrected chi connectivity index (χ3v) is 1.82. The summed E-state index contributed by atoms with van der Waals surface area (Å²) in [6.45, 7) is 3.03. The van der Waals surface area contributed by atoms with Crippen LogP contribution in [0, 0.1) is 5.44 Å². The maximum absolute atomic E-state index is 8.77. The van der Waals surface area contributed by atoms with Gasteiger partial charge in [0.1, 0.15) is 0 Å². The first-order chi connectivity index (χ1) is 4.70. The van der Waals surface area contributed by atoms with Gasteiger partial charge in [-0.25, -0.2) is 0 Å². The first kappa shape index (κ1) is 9.97. The largest absolute Gasteiger partial charge is 0.394 e. The van der Waals surface area contributed by atoms with E-state index in [1.807, 2.05) is 0 Å². The summed E-state index contributed by atoms with van der Waals surface area (Å²) in [6, 6.07) is 0. The van der Waals surface area contributed by atoms with Gasteiger partial charge in [0.2, 0.25) is 0 Å². The summed E-state index contributed by atoms with van der Waals surface area (Å²) < 4.78 is 0. The van der Waals surface area contributed by atoms with Crippen LogP contribution in [0.15, 0.2) is 12.7 Å². The molecule has 0 aromatic heterocycles. The minimum absolute atomic E-state index is 0.0625. The summed E-state index contributed by atoms with van der Waals surface area (Å²) in [4.78, 5) is 0. The highest BCUT2D eigenvalue weighted by molar-refractivity contribution is 8.02. The number of hydrogen-bond acceptors (Lipinski definition) is 4. The Morgan fingerprint density at radius 2 is 2.30 bits per heavy atom. The van der Waals surface area contributed by atoms with E-state index in [1.165, 1.54) is 6.08 Å². The highest BCUT2D eigenvalue weighted by atomic mass is 32.2. The van der Waals surface area contributed by atoms with E-state index >= 15 is 0 Å². The molecule has 0 aliphatic rings. The molecule has 0 aliphatic heterocycles. The van der Waals surface area contributed by atoms with Crippen LogP contribution in [0.2, 0.25) is 0 Å². The standard InChI is InChI=1S/C6H11O3S/c1-2-6(9)10-4-5(8)3-7/h2,5,7-9H,1,3-4H2. The van der Waals surface area contributed by atoms with Gasteiger partial charge in [-0.1, -0.05) is 6.58 Å². The maximum Gasteiger partial charge on any atom is 0.171 e. The number of aliphatic hydroxyl groups excluding tert-OH is 3. The predicted octanol–water partition coefficient (Wildman–Crippen LogP) is 0.121. The lowest BCUT2D eigenvalue weighted by atomic mass is 10.4. The van der Waals surface area contributed by atoms with Crippen LogP contribution in [0.25, 0.3) is 0 Å². The van der Waals surface area contributed by atoms with E-state index in [-0.39, 0.29) is 17.8 Å². The molecule has 3 N–H and O–H groups in total. The van der Waals surface area contributed by atoms with Gasteiger partial charge in [-0.15, -0.1) is 11.8 Å². The van der Waals surface area contributed by atoms with Crippen molar-refractivity contribution in [3.05, 3.63) is 18.1 Å². The van der Waals surface area contributed by atoms with Crippen LogP contribution in [0.1, 0.15) is 0 Å². The maximum atomic E-state index is 8.77. The molecule has 0 amide bonds. The number of thioether (sulfide) groups is 1. The minimum Gasteiger partial charge on any atom is -0.394 e. The van der Waals surface area contributed by atoms with E-state index in [9.17, 15) is 0 Å². The monoisotopic (exact) mass is 163 g/mol. The average molecular weight is 163 g/mol. The molecule has 0 fully saturated rings. The zero-order valence-corrected chi connectivity index (χ0v) is 6.34. The molecule has 0 aliphatic carbocycles. The molecule has 0 aromatic rings. The highest BCUT2D eigenvalue weighted by Gasteiger charge is 2.05. The molecule has 4 heteroatoms. The number of aliphatic hydroxyl groups is 3. The smallest absolute Gasteiger partial charge is 0.171 e. The Labute approximate surface area is 64.4 Å². The summed E-state index contributed by atoms with van der Waals surface area (Å²) in [5, 5.41) is 25.9. The van der Waals surface area contributed by atoms with Crippen LogP contribution in [-0.2, 0) is 0 Å². The summed E-state index contributed by atoms with van der Waals surface area (Å²) in [6.07, 6.45) is 0.515. The van der Waals surface area contributed by atoms with Crippen LogP contribution in [0.3, 0.4) is 0 Å². The van der Waals surface area contributed by atoms with Crippen LogP contribution < -0.4 is 0 Å². The van der Waals surface area contributed by atoms with E-state index in [2.05, 4.69) is 6.58 Å². The fourth-order valence-electron chi connectivity index (χ4n) is 0.293. The molecule has 0 rings (SSSR count). The number of rotatable bonds is 5. The SMILES string of the molecule is C=C[C](O)SCC(O)CO. The fraction of sp³-hybridized carbons (Fsp3) is 0.500. The Kier molecular flexibility index (Phi) is 5.71. The Morgan fingerprint density at radius 1 is 1.70 bits per heavy atom. The van der Waals surface area contributed by atoms with E-state index < -0.39 is 6.10 Å². The van der Waals surface area contributed by atoms with Gasteiger partial charge in [0.05, 0.1) is 12.7 Å². The first-order valence-corrected chi connectivity index (χ1v) is 3.79. The van der Waals surface area contributed by atoms with Gasteiger partial charge in [-0.2, -0.15) is 0 Å². The second kappa shape index (κ2) is 5.73. The van der Waals surface area contributed by atoms with Crippen molar-refractivity contribution < 1.29 is 15.3 Å². The zero-order chi connectivity index (χ0) is 7.98. The van der Waals surface area contributed by atoms with Crippen molar-refractivity contribution in [1.82, 2.24) is 0 Å². The van der Waals surface area contributed by atoms with Crippen molar-refractivity contribution in [2.45, 2.75) is 6.10 Å². The second-order valence-corrected chi connectivity index (χ2v) is 2.73. The van der Waals surface area contributed by atoms with Gasteiger partial charge in [0.15, 0.2) is 5.44 Å². The molecule has 0 saturated heterocycles. The van der Waals surface area contributed by atoms with Crippen molar-refractivity contribution in [3.63, 3.8) is 0 Å². The average Bonchev–Trinajstić information content (AvgIpc) is 1.99. The van der Waals surface area contributed by atoms with E-state index in [4.69, 9.17) is 15.3 Å². The lowest BCUT2D eigenvalue weighted by Gasteiger charge is -2.06. The molecule has 3 nitrogen and oxygen atoms in total. The third-order valence-electron chi connectivity index (χ3n) is 0.809. The Hall–Kier alpha value is -0.0300. The first-order valence-electron chi connectivity index (χ1n) is 2.80. The van der Waals surface area contributed by atoms with E-state index in [0.717, 1.165) is 11.8 Å². The molecule has 0 bridgehead atoms. The van der Waals surface area contributed by atoms with Gasteiger partial charge >= 0.3 is 0 Å². The van der Waals surface area contributed by atoms with Gasteiger partial charge in [0, 0.05) is 5.75 Å². The summed E-state index contributed by atoms with van der Waals surface area (Å²) in [7, 11) is 0. The van der Waals surface area contributed by atoms with E-state index in [1.54, 1.807) is 0 Å². The predicted molar refractivity (Wildman–Crippen MR) is 40.9 cm³/mol. The molecule has 0 saturated carbocycles. The highest BCUT2D eigenvalue weighted by Crippen LogP contribution is 2.16. The lowest BCUT2D eigenvalue weighted by molar-refractivity contribution is 0.113. The molecule has 0 aromatic carbocycles. The molecule has 0 spiro atoms. The van der Waals surface area contributed by atoms with Gasteiger partial charge in [0.25, 0.3) is 0 Å². The van der Waals surface area contributed by atoms with Crippen molar-refractivity contribution in [2.75, 3.05) is 12.4 Å². The summed E-state index contributed by atoms with van der Waals surface area (Å²) >= 11 is 1.05. The normalized spacial score (nSPS) is 13.6. The second-order valence-electron chi connectivity index (χ2n) is 1.69. The molecular weight excluding hydrogens is 152 g/mol. The molecule has 59 valence electrons. The van der Waals surface area contributed by atoms with Gasteiger partial charge in [-0.05, 0) is 6.08 Å². The van der Waals surface area contributed by atoms with Crippen molar-refractivity contribution in [3.8, 4) is 0 Å². The topological polar surface area (TPSA) is 60.7 Å². The van der Waals surface area contributed by atoms with E-state index in [0.29, 0.717) is 0 Å². The lowest BCUT2D eigenvalue weighted by Crippen LogP contribution is -2.15. The van der Waals surface area contributed by atoms with Crippen molar-refractivity contribution >= 4 is 11.8 Å². The quantitative estimate of drug-likeness (QED) is 0.539. The summed E-state index contributed by atoms with van der Waals surface area (Å²) in [5.74, 6) is 0.286. The molecule has 0 heterocycles. The Bertz CT molecular complexity index is 97.0. The Balaban J connectivity index is 3.25. The zero-order valence-electron chi connectivity index (χ0n) is 5.53.